The van der Waals surface area contributed by atoms with Crippen molar-refractivity contribution in [1.29, 1.82) is 0 Å². The van der Waals surface area contributed by atoms with Crippen LogP contribution in [0.4, 0.5) is 5.69 Å². The summed E-state index contributed by atoms with van der Waals surface area (Å²) in [5, 5.41) is 7.16. The van der Waals surface area contributed by atoms with Crippen LogP contribution in [-0.4, -0.2) is 15.7 Å². The largest absolute Gasteiger partial charge is 0.319 e. The first-order valence-corrected chi connectivity index (χ1v) is 6.62. The Labute approximate surface area is 125 Å². The van der Waals surface area contributed by atoms with Crippen molar-refractivity contribution in [3.63, 3.8) is 0 Å². The molecule has 0 unspecified atom stereocenters. The van der Waals surface area contributed by atoms with E-state index in [0.29, 0.717) is 17.3 Å². The molecule has 0 saturated carbocycles. The van der Waals surface area contributed by atoms with Crippen molar-refractivity contribution in [1.82, 2.24) is 9.78 Å². The molecule has 1 amide bonds. The van der Waals surface area contributed by atoms with Gasteiger partial charge in [0, 0.05) is 12.6 Å². The molecule has 1 N–H and O–H groups in total. The average Bonchev–Trinajstić information content (AvgIpc) is 2.44. The van der Waals surface area contributed by atoms with Gasteiger partial charge < -0.3 is 5.32 Å². The average molecular weight is 312 g/mol. The van der Waals surface area contributed by atoms with Crippen LogP contribution in [0.25, 0.3) is 0 Å². The SMILES string of the molecule is CCn1nc(C(=O)Nc2cccc(Cl)c2Cl)ccc1=O. The Bertz CT molecular complexity index is 713. The van der Waals surface area contributed by atoms with E-state index in [1.54, 1.807) is 25.1 Å². The highest BCUT2D eigenvalue weighted by atomic mass is 35.5. The van der Waals surface area contributed by atoms with Crippen molar-refractivity contribution in [2.24, 2.45) is 0 Å². The molecular formula is C13H11Cl2N3O2. The van der Waals surface area contributed by atoms with E-state index in [2.05, 4.69) is 10.4 Å². The van der Waals surface area contributed by atoms with Gasteiger partial charge in [0.1, 0.15) is 5.69 Å². The number of hydrogen-bond donors (Lipinski definition) is 1. The normalized spacial score (nSPS) is 10.3. The van der Waals surface area contributed by atoms with Gasteiger partial charge in [0.15, 0.2) is 0 Å². The van der Waals surface area contributed by atoms with E-state index >= 15 is 0 Å². The number of carbonyl (C=O) groups excluding carboxylic acids is 1. The first kappa shape index (κ1) is 14.6. The van der Waals surface area contributed by atoms with Crippen LogP contribution in [0, 0.1) is 0 Å². The standard InChI is InChI=1S/C13H11Cl2N3O2/c1-2-18-11(19)7-6-10(17-18)13(20)16-9-5-3-4-8(14)12(9)15/h3-7H,2H2,1H3,(H,16,20). The number of anilines is 1. The number of aromatic nitrogens is 2. The Hall–Kier alpha value is -1.85. The monoisotopic (exact) mass is 311 g/mol. The van der Waals surface area contributed by atoms with Gasteiger partial charge in [-0.15, -0.1) is 0 Å². The van der Waals surface area contributed by atoms with Crippen LogP contribution >= 0.6 is 23.2 Å². The van der Waals surface area contributed by atoms with Crippen LogP contribution in [0.3, 0.4) is 0 Å². The van der Waals surface area contributed by atoms with Crippen molar-refractivity contribution in [2.75, 3.05) is 5.32 Å². The number of aryl methyl sites for hydroxylation is 1. The molecule has 2 rings (SSSR count). The van der Waals surface area contributed by atoms with Crippen molar-refractivity contribution in [3.05, 3.63) is 56.4 Å². The zero-order chi connectivity index (χ0) is 14.7. The van der Waals surface area contributed by atoms with Gasteiger partial charge in [-0.05, 0) is 25.1 Å². The van der Waals surface area contributed by atoms with E-state index < -0.39 is 5.91 Å². The van der Waals surface area contributed by atoms with Gasteiger partial charge in [-0.25, -0.2) is 4.68 Å². The molecule has 104 valence electrons. The molecule has 20 heavy (non-hydrogen) atoms. The molecule has 0 bridgehead atoms. The predicted octanol–water partition coefficient (Wildman–Crippen LogP) is 2.82. The molecule has 0 radical (unpaired) electrons. The van der Waals surface area contributed by atoms with Crippen molar-refractivity contribution in [3.8, 4) is 0 Å². The Morgan fingerprint density at radius 1 is 1.30 bits per heavy atom. The topological polar surface area (TPSA) is 64.0 Å². The minimum atomic E-state index is -0.462. The lowest BCUT2D eigenvalue weighted by Crippen LogP contribution is -2.25. The predicted molar refractivity (Wildman–Crippen MR) is 78.6 cm³/mol. The third-order valence-electron chi connectivity index (χ3n) is 2.60. The molecular weight excluding hydrogens is 301 g/mol. The molecule has 5 nitrogen and oxygen atoms in total. The fourth-order valence-electron chi connectivity index (χ4n) is 1.58. The van der Waals surface area contributed by atoms with Gasteiger partial charge in [0.2, 0.25) is 0 Å². The first-order chi connectivity index (χ1) is 9.52. The third-order valence-corrected chi connectivity index (χ3v) is 3.42. The molecule has 1 heterocycles. The molecule has 2 aromatic rings. The molecule has 0 aliphatic heterocycles. The lowest BCUT2D eigenvalue weighted by molar-refractivity contribution is 0.102. The molecule has 1 aromatic heterocycles. The quantitative estimate of drug-likeness (QED) is 0.948. The summed E-state index contributed by atoms with van der Waals surface area (Å²) in [6.07, 6.45) is 0. The second-order valence-corrected chi connectivity index (χ2v) is 4.71. The van der Waals surface area contributed by atoms with Crippen LogP contribution < -0.4 is 10.9 Å². The maximum Gasteiger partial charge on any atom is 0.276 e. The van der Waals surface area contributed by atoms with E-state index in [-0.39, 0.29) is 16.3 Å². The Balaban J connectivity index is 2.28. The number of hydrogen-bond acceptors (Lipinski definition) is 3. The van der Waals surface area contributed by atoms with Crippen LogP contribution in [-0.2, 0) is 6.54 Å². The number of rotatable bonds is 3. The van der Waals surface area contributed by atoms with Crippen LogP contribution in [0.1, 0.15) is 17.4 Å². The Morgan fingerprint density at radius 3 is 2.75 bits per heavy atom. The fraction of sp³-hybridized carbons (Fsp3) is 0.154. The summed E-state index contributed by atoms with van der Waals surface area (Å²) in [5.41, 5.74) is 0.257. The number of carbonyl (C=O) groups is 1. The Morgan fingerprint density at radius 2 is 2.05 bits per heavy atom. The summed E-state index contributed by atoms with van der Waals surface area (Å²) in [5.74, 6) is -0.462. The molecule has 1 aromatic carbocycles. The van der Waals surface area contributed by atoms with Gasteiger partial charge >= 0.3 is 0 Å². The second-order valence-electron chi connectivity index (χ2n) is 3.93. The van der Waals surface area contributed by atoms with Crippen molar-refractivity contribution >= 4 is 34.8 Å². The van der Waals surface area contributed by atoms with E-state index in [9.17, 15) is 9.59 Å². The minimum Gasteiger partial charge on any atom is -0.319 e. The lowest BCUT2D eigenvalue weighted by Gasteiger charge is -2.08. The lowest BCUT2D eigenvalue weighted by atomic mass is 10.3. The maximum absolute atomic E-state index is 12.1. The summed E-state index contributed by atoms with van der Waals surface area (Å²) >= 11 is 11.9. The summed E-state index contributed by atoms with van der Waals surface area (Å²) < 4.78 is 1.20. The van der Waals surface area contributed by atoms with Crippen LogP contribution in [0.2, 0.25) is 10.0 Å². The third kappa shape index (κ3) is 3.00. The molecule has 0 fully saturated rings. The van der Waals surface area contributed by atoms with E-state index in [4.69, 9.17) is 23.2 Å². The molecule has 0 aliphatic carbocycles. The van der Waals surface area contributed by atoms with Gasteiger partial charge in [0.05, 0.1) is 15.7 Å². The zero-order valence-corrected chi connectivity index (χ0v) is 12.1. The highest BCUT2D eigenvalue weighted by molar-refractivity contribution is 6.44. The number of nitrogens with zero attached hydrogens (tertiary/aromatic N) is 2. The van der Waals surface area contributed by atoms with E-state index in [1.807, 2.05) is 0 Å². The van der Waals surface area contributed by atoms with Gasteiger partial charge in [-0.3, -0.25) is 9.59 Å². The van der Waals surface area contributed by atoms with Crippen LogP contribution in [0.15, 0.2) is 35.1 Å². The smallest absolute Gasteiger partial charge is 0.276 e. The highest BCUT2D eigenvalue weighted by Crippen LogP contribution is 2.29. The highest BCUT2D eigenvalue weighted by Gasteiger charge is 2.12. The molecule has 7 heteroatoms. The number of benzene rings is 1. The first-order valence-electron chi connectivity index (χ1n) is 5.86. The zero-order valence-electron chi connectivity index (χ0n) is 10.6. The van der Waals surface area contributed by atoms with E-state index in [0.717, 1.165) is 0 Å². The number of amides is 1. The summed E-state index contributed by atoms with van der Waals surface area (Å²) in [4.78, 5) is 23.5. The minimum absolute atomic E-state index is 0.127. The van der Waals surface area contributed by atoms with Gasteiger partial charge in [-0.2, -0.15) is 5.10 Å². The van der Waals surface area contributed by atoms with Gasteiger partial charge in [-0.1, -0.05) is 29.3 Å². The molecule has 0 saturated heterocycles. The number of halogens is 2. The van der Waals surface area contributed by atoms with Crippen molar-refractivity contribution < 1.29 is 4.79 Å². The van der Waals surface area contributed by atoms with Crippen LogP contribution in [0.5, 0.6) is 0 Å². The summed E-state index contributed by atoms with van der Waals surface area (Å²) in [7, 11) is 0. The fourth-order valence-corrected chi connectivity index (χ4v) is 1.93. The maximum atomic E-state index is 12.1. The summed E-state index contributed by atoms with van der Waals surface area (Å²) in [6.45, 7) is 2.15. The number of nitrogens with one attached hydrogen (secondary N) is 1. The molecule has 0 aliphatic rings. The second kappa shape index (κ2) is 6.07. The molecule has 0 spiro atoms. The summed E-state index contributed by atoms with van der Waals surface area (Å²) in [6, 6.07) is 7.58. The Kier molecular flexibility index (Phi) is 4.42. The van der Waals surface area contributed by atoms with E-state index in [1.165, 1.54) is 16.8 Å². The van der Waals surface area contributed by atoms with Gasteiger partial charge in [0.25, 0.3) is 11.5 Å². The molecule has 0 atom stereocenters. The van der Waals surface area contributed by atoms with Crippen molar-refractivity contribution in [2.45, 2.75) is 13.5 Å².